The summed E-state index contributed by atoms with van der Waals surface area (Å²) < 4.78 is 5.77. The number of nitrogens with one attached hydrogen (secondary N) is 3. The average Bonchev–Trinajstić information content (AvgIpc) is 2.43. The van der Waals surface area contributed by atoms with E-state index in [1.165, 1.54) is 12.8 Å². The van der Waals surface area contributed by atoms with Gasteiger partial charge in [0.05, 0.1) is 12.2 Å². The van der Waals surface area contributed by atoms with Crippen LogP contribution in [0.4, 0.5) is 0 Å². The molecular weight excluding hydrogens is 310 g/mol. The molecular formula is C21H47N3O. The second kappa shape index (κ2) is 10.9. The molecule has 3 N–H and O–H groups in total. The Morgan fingerprint density at radius 2 is 1.36 bits per heavy atom. The van der Waals surface area contributed by atoms with Crippen LogP contribution >= 0.6 is 0 Å². The molecule has 4 nitrogen and oxygen atoms in total. The summed E-state index contributed by atoms with van der Waals surface area (Å²) in [4.78, 5) is 0. The highest BCUT2D eigenvalue weighted by Crippen LogP contribution is 2.18. The molecule has 2 atom stereocenters. The van der Waals surface area contributed by atoms with Crippen LogP contribution in [-0.2, 0) is 4.74 Å². The molecule has 0 bridgehead atoms. The lowest BCUT2D eigenvalue weighted by molar-refractivity contribution is -0.00200. The lowest BCUT2D eigenvalue weighted by atomic mass is 9.90. The van der Waals surface area contributed by atoms with E-state index in [9.17, 15) is 0 Å². The smallest absolute Gasteiger partial charge is 0.0599 e. The summed E-state index contributed by atoms with van der Waals surface area (Å²) in [7, 11) is 0. The number of hydrogen-bond donors (Lipinski definition) is 3. The van der Waals surface area contributed by atoms with Gasteiger partial charge in [0.1, 0.15) is 0 Å². The summed E-state index contributed by atoms with van der Waals surface area (Å²) >= 11 is 0. The molecule has 0 heterocycles. The topological polar surface area (TPSA) is 45.3 Å². The van der Waals surface area contributed by atoms with Crippen LogP contribution in [0.25, 0.3) is 0 Å². The molecule has 2 unspecified atom stereocenters. The van der Waals surface area contributed by atoms with Crippen LogP contribution in [0.2, 0.25) is 0 Å². The van der Waals surface area contributed by atoms with E-state index in [1.807, 2.05) is 0 Å². The molecule has 0 amide bonds. The summed E-state index contributed by atoms with van der Waals surface area (Å²) in [6.45, 7) is 25.9. The van der Waals surface area contributed by atoms with Gasteiger partial charge >= 0.3 is 0 Å². The van der Waals surface area contributed by atoms with Crippen LogP contribution in [0.3, 0.4) is 0 Å². The zero-order valence-corrected chi connectivity index (χ0v) is 18.8. The van der Waals surface area contributed by atoms with E-state index < -0.39 is 0 Å². The Kier molecular flexibility index (Phi) is 10.8. The number of ether oxygens (including phenoxy) is 1. The second-order valence-electron chi connectivity index (χ2n) is 10.2. The van der Waals surface area contributed by atoms with E-state index in [-0.39, 0.29) is 16.7 Å². The Morgan fingerprint density at radius 3 is 1.88 bits per heavy atom. The van der Waals surface area contributed by atoms with Crippen LogP contribution in [-0.4, -0.2) is 49.0 Å². The first-order chi connectivity index (χ1) is 11.2. The molecule has 0 saturated heterocycles. The Balaban J connectivity index is 3.94. The first-order valence-electron chi connectivity index (χ1n) is 10.1. The van der Waals surface area contributed by atoms with Crippen LogP contribution in [0.1, 0.15) is 82.1 Å². The van der Waals surface area contributed by atoms with Gasteiger partial charge in [0.25, 0.3) is 0 Å². The molecule has 0 spiro atoms. The minimum absolute atomic E-state index is 0.0475. The van der Waals surface area contributed by atoms with Crippen molar-refractivity contribution >= 4 is 0 Å². The van der Waals surface area contributed by atoms with Crippen LogP contribution < -0.4 is 16.0 Å². The van der Waals surface area contributed by atoms with Crippen LogP contribution in [0.15, 0.2) is 0 Å². The Labute approximate surface area is 158 Å². The molecule has 0 rings (SSSR count). The van der Waals surface area contributed by atoms with E-state index in [0.29, 0.717) is 12.0 Å². The van der Waals surface area contributed by atoms with Gasteiger partial charge in [-0.15, -0.1) is 0 Å². The predicted molar refractivity (Wildman–Crippen MR) is 111 cm³/mol. The maximum absolute atomic E-state index is 5.77. The zero-order valence-electron chi connectivity index (χ0n) is 18.8. The Bertz CT molecular complexity index is 342. The van der Waals surface area contributed by atoms with Crippen LogP contribution in [0.5, 0.6) is 0 Å². The molecule has 0 aromatic rings. The molecule has 25 heavy (non-hydrogen) atoms. The van der Waals surface area contributed by atoms with Crippen molar-refractivity contribution in [1.82, 2.24) is 16.0 Å². The fraction of sp³-hybridized carbons (Fsp3) is 1.00. The maximum Gasteiger partial charge on any atom is 0.0599 e. The summed E-state index contributed by atoms with van der Waals surface area (Å²) in [6.07, 6.45) is 2.41. The fourth-order valence-electron chi connectivity index (χ4n) is 2.61. The molecule has 0 saturated carbocycles. The van der Waals surface area contributed by atoms with Crippen molar-refractivity contribution < 1.29 is 4.74 Å². The minimum atomic E-state index is -0.0475. The van der Waals surface area contributed by atoms with Crippen molar-refractivity contribution in [1.29, 1.82) is 0 Å². The van der Waals surface area contributed by atoms with Gasteiger partial charge in [0.2, 0.25) is 0 Å². The van der Waals surface area contributed by atoms with Gasteiger partial charge in [-0.25, -0.2) is 0 Å². The van der Waals surface area contributed by atoms with Gasteiger partial charge in [0, 0.05) is 36.8 Å². The van der Waals surface area contributed by atoms with E-state index in [0.717, 1.165) is 26.2 Å². The van der Waals surface area contributed by atoms with E-state index in [4.69, 9.17) is 4.74 Å². The monoisotopic (exact) mass is 357 g/mol. The number of hydrogen-bond acceptors (Lipinski definition) is 4. The van der Waals surface area contributed by atoms with Crippen molar-refractivity contribution in [3.63, 3.8) is 0 Å². The molecule has 0 aliphatic heterocycles. The highest BCUT2D eigenvalue weighted by molar-refractivity contribution is 4.81. The van der Waals surface area contributed by atoms with Crippen molar-refractivity contribution in [2.75, 3.05) is 26.2 Å². The van der Waals surface area contributed by atoms with Gasteiger partial charge < -0.3 is 20.7 Å². The minimum Gasteiger partial charge on any atom is -0.375 e. The predicted octanol–water partition coefficient (Wildman–Crippen LogP) is 3.95. The third kappa shape index (κ3) is 15.8. The summed E-state index contributed by atoms with van der Waals surface area (Å²) in [6, 6.07) is 0.516. The van der Waals surface area contributed by atoms with Gasteiger partial charge in [0.15, 0.2) is 0 Å². The lowest BCUT2D eigenvalue weighted by Gasteiger charge is -2.31. The highest BCUT2D eigenvalue weighted by atomic mass is 16.5. The third-order valence-corrected chi connectivity index (χ3v) is 4.57. The van der Waals surface area contributed by atoms with Crippen molar-refractivity contribution in [2.24, 2.45) is 5.92 Å². The molecule has 152 valence electrons. The highest BCUT2D eigenvalue weighted by Gasteiger charge is 2.20. The largest absolute Gasteiger partial charge is 0.375 e. The molecule has 0 aliphatic carbocycles. The van der Waals surface area contributed by atoms with Gasteiger partial charge in [-0.05, 0) is 81.1 Å². The third-order valence-electron chi connectivity index (χ3n) is 4.57. The maximum atomic E-state index is 5.77. The summed E-state index contributed by atoms with van der Waals surface area (Å²) in [5, 5.41) is 10.8. The molecule has 0 fully saturated rings. The first-order valence-corrected chi connectivity index (χ1v) is 10.1. The molecule has 4 heteroatoms. The van der Waals surface area contributed by atoms with E-state index in [2.05, 4.69) is 85.2 Å². The second-order valence-corrected chi connectivity index (χ2v) is 10.2. The summed E-state index contributed by atoms with van der Waals surface area (Å²) in [5.74, 6) is 0.656. The fourth-order valence-corrected chi connectivity index (χ4v) is 2.61. The standard InChI is InChI=1S/C21H47N3O/c1-17(18(2)22-15-16-25-20(6,7)8)11-12-21(9,10)24-14-13-23-19(3,4)5/h17-18,22-24H,11-16H2,1-10H3. The Hall–Kier alpha value is -0.160. The molecule has 0 aromatic carbocycles. The van der Waals surface area contributed by atoms with E-state index in [1.54, 1.807) is 0 Å². The number of rotatable bonds is 12. The van der Waals surface area contributed by atoms with Crippen molar-refractivity contribution in [2.45, 2.75) is 105 Å². The van der Waals surface area contributed by atoms with E-state index >= 15 is 0 Å². The lowest BCUT2D eigenvalue weighted by Crippen LogP contribution is -2.46. The molecule has 0 aliphatic rings. The first kappa shape index (κ1) is 24.8. The zero-order chi connectivity index (χ0) is 19.7. The van der Waals surface area contributed by atoms with Gasteiger partial charge in [-0.2, -0.15) is 0 Å². The van der Waals surface area contributed by atoms with Crippen molar-refractivity contribution in [3.05, 3.63) is 0 Å². The van der Waals surface area contributed by atoms with Gasteiger partial charge in [-0.1, -0.05) is 6.92 Å². The summed E-state index contributed by atoms with van der Waals surface area (Å²) in [5.41, 5.74) is 0.328. The molecule has 0 aromatic heterocycles. The van der Waals surface area contributed by atoms with Gasteiger partial charge in [-0.3, -0.25) is 0 Å². The Morgan fingerprint density at radius 1 is 0.800 bits per heavy atom. The van der Waals surface area contributed by atoms with Crippen LogP contribution in [0, 0.1) is 5.92 Å². The quantitative estimate of drug-likeness (QED) is 0.463. The SMILES string of the molecule is CC(CCC(C)(C)NCCNC(C)(C)C)C(C)NCCOC(C)(C)C. The van der Waals surface area contributed by atoms with Crippen molar-refractivity contribution in [3.8, 4) is 0 Å². The average molecular weight is 358 g/mol. The normalized spacial score (nSPS) is 16.1. The molecule has 0 radical (unpaired) electrons.